The first kappa shape index (κ1) is 30.9. The summed E-state index contributed by atoms with van der Waals surface area (Å²) in [5.41, 5.74) is 0. The fraction of sp³-hybridized carbons (Fsp3) is 1.00. The fourth-order valence-electron chi connectivity index (χ4n) is 4.52. The molecule has 0 saturated heterocycles. The zero-order valence-corrected chi connectivity index (χ0v) is 22.0. The van der Waals surface area contributed by atoms with Crippen LogP contribution < -0.4 is 12.4 Å². The highest BCUT2D eigenvalue weighted by atomic mass is 35.5. The molecule has 0 unspecified atom stereocenters. The first-order valence-electron chi connectivity index (χ1n) is 13.1. The van der Waals surface area contributed by atoms with Crippen molar-refractivity contribution >= 4 is 7.26 Å². The first-order chi connectivity index (χ1) is 13.2. The molecule has 0 atom stereocenters. The lowest BCUT2D eigenvalue weighted by molar-refractivity contribution is -0.00000624. The summed E-state index contributed by atoms with van der Waals surface area (Å²) in [6.07, 6.45) is 33.0. The van der Waals surface area contributed by atoms with Crippen molar-refractivity contribution in [3.8, 4) is 0 Å². The lowest BCUT2D eigenvalue weighted by atomic mass is 10.1. The standard InChI is InChI=1S/C26H56P.ClH/c1-5-9-13-14-15-16-17-18-22-26-27(23-19-10-6-2,24-20-11-7-3)25-21-12-8-4;/h5-26H2,1-4H3;1H/q+1;/p-1. The van der Waals surface area contributed by atoms with Crippen molar-refractivity contribution in [3.63, 3.8) is 0 Å². The van der Waals surface area contributed by atoms with E-state index in [9.17, 15) is 0 Å². The molecule has 0 spiro atoms. The molecule has 0 saturated carbocycles. The molecule has 0 rings (SSSR count). The van der Waals surface area contributed by atoms with Crippen molar-refractivity contribution in [1.82, 2.24) is 0 Å². The highest BCUT2D eigenvalue weighted by molar-refractivity contribution is 7.75. The highest BCUT2D eigenvalue weighted by Gasteiger charge is 2.34. The van der Waals surface area contributed by atoms with E-state index < -0.39 is 7.26 Å². The second-order valence-corrected chi connectivity index (χ2v) is 13.7. The van der Waals surface area contributed by atoms with Crippen LogP contribution in [0.3, 0.4) is 0 Å². The molecule has 0 heterocycles. The Kier molecular flexibility index (Phi) is 26.5. The molecular weight excluding hydrogens is 379 g/mol. The van der Waals surface area contributed by atoms with E-state index in [4.69, 9.17) is 0 Å². The van der Waals surface area contributed by atoms with Crippen LogP contribution in [0.25, 0.3) is 0 Å². The summed E-state index contributed by atoms with van der Waals surface area (Å²) < 4.78 is 0. The van der Waals surface area contributed by atoms with Gasteiger partial charge < -0.3 is 12.4 Å². The summed E-state index contributed by atoms with van der Waals surface area (Å²) >= 11 is 0. The highest BCUT2D eigenvalue weighted by Crippen LogP contribution is 2.61. The number of unbranched alkanes of at least 4 members (excludes halogenated alkanes) is 14. The quantitative estimate of drug-likeness (QED) is 0.126. The molecule has 0 aliphatic rings. The van der Waals surface area contributed by atoms with Crippen LogP contribution in [0.5, 0.6) is 0 Å². The van der Waals surface area contributed by atoms with Gasteiger partial charge in [-0.15, -0.1) is 0 Å². The summed E-state index contributed by atoms with van der Waals surface area (Å²) in [7, 11) is -0.656. The van der Waals surface area contributed by atoms with Crippen molar-refractivity contribution in [2.45, 2.75) is 143 Å². The summed E-state index contributed by atoms with van der Waals surface area (Å²) in [4.78, 5) is 0. The van der Waals surface area contributed by atoms with Crippen LogP contribution in [0.2, 0.25) is 0 Å². The Labute approximate surface area is 187 Å². The van der Waals surface area contributed by atoms with Crippen molar-refractivity contribution in [2.75, 3.05) is 24.6 Å². The monoisotopic (exact) mass is 434 g/mol. The van der Waals surface area contributed by atoms with Crippen LogP contribution in [-0.2, 0) is 0 Å². The molecule has 0 fully saturated rings. The molecule has 0 aromatic rings. The van der Waals surface area contributed by atoms with Crippen molar-refractivity contribution in [1.29, 1.82) is 0 Å². The van der Waals surface area contributed by atoms with Crippen LogP contribution in [0, 0.1) is 0 Å². The number of hydrogen-bond donors (Lipinski definition) is 0. The van der Waals surface area contributed by atoms with Gasteiger partial charge in [0, 0.05) is 7.26 Å². The van der Waals surface area contributed by atoms with Crippen molar-refractivity contribution < 1.29 is 12.4 Å². The van der Waals surface area contributed by atoms with Crippen LogP contribution in [0.15, 0.2) is 0 Å². The lowest BCUT2D eigenvalue weighted by Crippen LogP contribution is -3.00. The van der Waals surface area contributed by atoms with E-state index in [1.165, 1.54) is 109 Å². The average Bonchev–Trinajstić information content (AvgIpc) is 2.67. The Hall–Kier alpha value is 0.720. The molecule has 0 N–H and O–H groups in total. The Morgan fingerprint density at radius 1 is 0.321 bits per heavy atom. The molecule has 0 bridgehead atoms. The largest absolute Gasteiger partial charge is 1.00 e. The molecule has 0 aromatic carbocycles. The second-order valence-electron chi connectivity index (χ2n) is 9.19. The maximum absolute atomic E-state index is 2.37. The molecule has 0 radical (unpaired) electrons. The predicted octanol–water partition coefficient (Wildman–Crippen LogP) is 7.11. The topological polar surface area (TPSA) is 0 Å². The number of rotatable bonds is 22. The molecule has 0 nitrogen and oxygen atoms in total. The van der Waals surface area contributed by atoms with Crippen LogP contribution in [0.4, 0.5) is 0 Å². The van der Waals surface area contributed by atoms with Gasteiger partial charge in [0.1, 0.15) is 0 Å². The van der Waals surface area contributed by atoms with Gasteiger partial charge in [0.05, 0.1) is 24.6 Å². The van der Waals surface area contributed by atoms with Gasteiger partial charge in [-0.1, -0.05) is 111 Å². The molecule has 2 heteroatoms. The van der Waals surface area contributed by atoms with Crippen LogP contribution in [-0.4, -0.2) is 24.6 Å². The van der Waals surface area contributed by atoms with Crippen molar-refractivity contribution in [3.05, 3.63) is 0 Å². The molecule has 0 aromatic heterocycles. The smallest absolute Gasteiger partial charge is 0.0594 e. The van der Waals surface area contributed by atoms with Gasteiger partial charge >= 0.3 is 0 Å². The van der Waals surface area contributed by atoms with E-state index in [2.05, 4.69) is 27.7 Å². The second kappa shape index (κ2) is 24.0. The normalized spacial score (nSPS) is 11.6. The third kappa shape index (κ3) is 18.7. The zero-order chi connectivity index (χ0) is 20.1. The van der Waals surface area contributed by atoms with Crippen LogP contribution in [0.1, 0.15) is 143 Å². The Bertz CT molecular complexity index is 253. The Balaban J connectivity index is 0. The molecular formula is C26H56ClP. The number of hydrogen-bond acceptors (Lipinski definition) is 0. The molecule has 0 aliphatic heterocycles. The molecule has 28 heavy (non-hydrogen) atoms. The van der Waals surface area contributed by atoms with E-state index in [0.29, 0.717) is 0 Å². The van der Waals surface area contributed by atoms with E-state index in [1.807, 2.05) is 0 Å². The van der Waals surface area contributed by atoms with Gasteiger partial charge in [-0.2, -0.15) is 0 Å². The van der Waals surface area contributed by atoms with E-state index in [0.717, 1.165) is 0 Å². The van der Waals surface area contributed by atoms with Crippen LogP contribution >= 0.6 is 7.26 Å². The van der Waals surface area contributed by atoms with Gasteiger partial charge in [-0.25, -0.2) is 0 Å². The lowest BCUT2D eigenvalue weighted by Gasteiger charge is -2.28. The molecule has 172 valence electrons. The minimum Gasteiger partial charge on any atom is -1.00 e. The summed E-state index contributed by atoms with van der Waals surface area (Å²) in [5.74, 6) is 0. The van der Waals surface area contributed by atoms with Gasteiger partial charge in [0.15, 0.2) is 0 Å². The maximum atomic E-state index is 2.37. The Morgan fingerprint density at radius 2 is 0.536 bits per heavy atom. The van der Waals surface area contributed by atoms with Crippen molar-refractivity contribution in [2.24, 2.45) is 0 Å². The SMILES string of the molecule is CCCCCCCCCCC[P+](CCCCC)(CCCCC)CCCCC.[Cl-]. The third-order valence-corrected chi connectivity index (χ3v) is 11.5. The fourth-order valence-corrected chi connectivity index (χ4v) is 9.44. The van der Waals surface area contributed by atoms with Gasteiger partial charge in [-0.3, -0.25) is 0 Å². The van der Waals surface area contributed by atoms with E-state index in [-0.39, 0.29) is 12.4 Å². The summed E-state index contributed by atoms with van der Waals surface area (Å²) in [6.45, 7) is 9.43. The summed E-state index contributed by atoms with van der Waals surface area (Å²) in [5, 5.41) is 0. The molecule has 0 aliphatic carbocycles. The molecule has 0 amide bonds. The number of halogens is 1. The summed E-state index contributed by atoms with van der Waals surface area (Å²) in [6, 6.07) is 0. The van der Waals surface area contributed by atoms with Gasteiger partial charge in [0.2, 0.25) is 0 Å². The maximum Gasteiger partial charge on any atom is 0.0594 e. The average molecular weight is 435 g/mol. The minimum atomic E-state index is -0.656. The van der Waals surface area contributed by atoms with E-state index in [1.54, 1.807) is 31.1 Å². The first-order valence-corrected chi connectivity index (χ1v) is 15.6. The minimum absolute atomic E-state index is 0. The zero-order valence-electron chi connectivity index (χ0n) is 20.4. The predicted molar refractivity (Wildman–Crippen MR) is 132 cm³/mol. The van der Waals surface area contributed by atoms with E-state index >= 15 is 0 Å². The van der Waals surface area contributed by atoms with Gasteiger partial charge in [0.25, 0.3) is 0 Å². The Morgan fingerprint density at radius 3 is 0.857 bits per heavy atom. The third-order valence-electron chi connectivity index (χ3n) is 6.44. The van der Waals surface area contributed by atoms with Gasteiger partial charge in [-0.05, 0) is 32.1 Å².